The van der Waals surface area contributed by atoms with Crippen LogP contribution < -0.4 is 5.32 Å². The Balaban J connectivity index is 1.98. The normalized spacial score (nSPS) is 26.9. The van der Waals surface area contributed by atoms with Gasteiger partial charge in [-0.25, -0.2) is 0 Å². The molecule has 4 nitrogen and oxygen atoms in total. The molecule has 98 valence electrons. The van der Waals surface area contributed by atoms with Crippen molar-refractivity contribution in [3.8, 4) is 0 Å². The highest BCUT2D eigenvalue weighted by Gasteiger charge is 2.42. The van der Waals surface area contributed by atoms with Crippen molar-refractivity contribution < 1.29 is 9.90 Å². The fourth-order valence-electron chi connectivity index (χ4n) is 3.06. The average molecular weight is 240 g/mol. The van der Waals surface area contributed by atoms with Crippen molar-refractivity contribution in [2.45, 2.75) is 56.5 Å². The van der Waals surface area contributed by atoms with Gasteiger partial charge >= 0.3 is 5.97 Å². The number of likely N-dealkylation sites (tertiary alicyclic amines) is 1. The first-order valence-electron chi connectivity index (χ1n) is 6.82. The van der Waals surface area contributed by atoms with Crippen molar-refractivity contribution in [3.63, 3.8) is 0 Å². The van der Waals surface area contributed by atoms with E-state index in [9.17, 15) is 9.90 Å². The van der Waals surface area contributed by atoms with Gasteiger partial charge in [0.25, 0.3) is 0 Å². The Morgan fingerprint density at radius 1 is 1.24 bits per heavy atom. The van der Waals surface area contributed by atoms with E-state index >= 15 is 0 Å². The summed E-state index contributed by atoms with van der Waals surface area (Å²) in [5, 5.41) is 13.0. The minimum Gasteiger partial charge on any atom is -0.480 e. The summed E-state index contributed by atoms with van der Waals surface area (Å²) >= 11 is 0. The summed E-state index contributed by atoms with van der Waals surface area (Å²) in [4.78, 5) is 13.8. The SMILES string of the molecule is CN1CCC(NC2CCCCC2)(C(=O)O)CC1. The van der Waals surface area contributed by atoms with Gasteiger partial charge in [-0.15, -0.1) is 0 Å². The van der Waals surface area contributed by atoms with E-state index in [2.05, 4.69) is 17.3 Å². The highest BCUT2D eigenvalue weighted by Crippen LogP contribution is 2.26. The Hall–Kier alpha value is -0.610. The quantitative estimate of drug-likeness (QED) is 0.784. The molecule has 1 aliphatic carbocycles. The molecule has 4 heteroatoms. The van der Waals surface area contributed by atoms with Gasteiger partial charge in [0.1, 0.15) is 5.54 Å². The standard InChI is InChI=1S/C13H24N2O2/c1-15-9-7-13(8-10-15,12(16)17)14-11-5-3-2-4-6-11/h11,14H,2-10H2,1H3,(H,16,17). The van der Waals surface area contributed by atoms with Crippen LogP contribution in [-0.4, -0.2) is 47.7 Å². The monoisotopic (exact) mass is 240 g/mol. The average Bonchev–Trinajstić information content (AvgIpc) is 2.33. The van der Waals surface area contributed by atoms with Crippen molar-refractivity contribution in [1.82, 2.24) is 10.2 Å². The Labute approximate surface area is 103 Å². The van der Waals surface area contributed by atoms with Gasteiger partial charge in [-0.3, -0.25) is 10.1 Å². The number of carbonyl (C=O) groups is 1. The number of piperidine rings is 1. The van der Waals surface area contributed by atoms with Gasteiger partial charge < -0.3 is 10.0 Å². The molecule has 1 saturated carbocycles. The molecule has 0 aromatic carbocycles. The molecule has 0 atom stereocenters. The van der Waals surface area contributed by atoms with Gasteiger partial charge in [0.05, 0.1) is 0 Å². The molecular weight excluding hydrogens is 216 g/mol. The second-order valence-electron chi connectivity index (χ2n) is 5.67. The zero-order valence-electron chi connectivity index (χ0n) is 10.7. The summed E-state index contributed by atoms with van der Waals surface area (Å²) in [7, 11) is 2.06. The minimum absolute atomic E-state index is 0.420. The number of nitrogens with one attached hydrogen (secondary N) is 1. The maximum atomic E-state index is 11.6. The van der Waals surface area contributed by atoms with Crippen molar-refractivity contribution in [1.29, 1.82) is 0 Å². The summed E-state index contributed by atoms with van der Waals surface area (Å²) < 4.78 is 0. The molecule has 0 amide bonds. The molecule has 0 spiro atoms. The molecule has 0 bridgehead atoms. The predicted octanol–water partition coefficient (Wildman–Crippen LogP) is 1.46. The second kappa shape index (κ2) is 5.36. The van der Waals surface area contributed by atoms with Crippen LogP contribution in [0.15, 0.2) is 0 Å². The predicted molar refractivity (Wildman–Crippen MR) is 67.1 cm³/mol. The van der Waals surface area contributed by atoms with Crippen LogP contribution in [0.5, 0.6) is 0 Å². The molecular formula is C13H24N2O2. The van der Waals surface area contributed by atoms with Crippen LogP contribution in [0.4, 0.5) is 0 Å². The minimum atomic E-state index is -0.658. The second-order valence-corrected chi connectivity index (χ2v) is 5.67. The highest BCUT2D eigenvalue weighted by atomic mass is 16.4. The summed E-state index contributed by atoms with van der Waals surface area (Å²) in [6.07, 6.45) is 7.54. The van der Waals surface area contributed by atoms with E-state index in [0.717, 1.165) is 38.8 Å². The van der Waals surface area contributed by atoms with Gasteiger partial charge in [0.15, 0.2) is 0 Å². The Morgan fingerprint density at radius 2 is 1.82 bits per heavy atom. The van der Waals surface area contributed by atoms with Gasteiger partial charge in [-0.2, -0.15) is 0 Å². The van der Waals surface area contributed by atoms with Crippen molar-refractivity contribution >= 4 is 5.97 Å². The molecule has 1 saturated heterocycles. The van der Waals surface area contributed by atoms with Crippen LogP contribution in [0, 0.1) is 0 Å². The van der Waals surface area contributed by atoms with Crippen LogP contribution in [0.25, 0.3) is 0 Å². The largest absolute Gasteiger partial charge is 0.480 e. The van der Waals surface area contributed by atoms with Crippen LogP contribution in [0.3, 0.4) is 0 Å². The molecule has 2 rings (SSSR count). The molecule has 0 radical (unpaired) electrons. The summed E-state index contributed by atoms with van der Waals surface area (Å²) in [6.45, 7) is 1.76. The lowest BCUT2D eigenvalue weighted by Crippen LogP contribution is -2.60. The number of nitrogens with zero attached hydrogens (tertiary/aromatic N) is 1. The molecule has 2 fully saturated rings. The fourth-order valence-corrected chi connectivity index (χ4v) is 3.06. The zero-order chi connectivity index (χ0) is 12.3. The highest BCUT2D eigenvalue weighted by molar-refractivity contribution is 5.79. The molecule has 17 heavy (non-hydrogen) atoms. The fraction of sp³-hybridized carbons (Fsp3) is 0.923. The van der Waals surface area contributed by atoms with E-state index in [4.69, 9.17) is 0 Å². The van der Waals surface area contributed by atoms with E-state index in [1.54, 1.807) is 0 Å². The first-order chi connectivity index (χ1) is 8.12. The van der Waals surface area contributed by atoms with Crippen LogP contribution in [0.2, 0.25) is 0 Å². The first-order valence-corrected chi connectivity index (χ1v) is 6.82. The van der Waals surface area contributed by atoms with Gasteiger partial charge in [-0.1, -0.05) is 19.3 Å². The van der Waals surface area contributed by atoms with Gasteiger partial charge in [0.2, 0.25) is 0 Å². The van der Waals surface area contributed by atoms with Gasteiger partial charge in [-0.05, 0) is 32.7 Å². The van der Waals surface area contributed by atoms with E-state index < -0.39 is 11.5 Å². The van der Waals surface area contributed by atoms with E-state index in [0.29, 0.717) is 6.04 Å². The van der Waals surface area contributed by atoms with Crippen molar-refractivity contribution in [2.24, 2.45) is 0 Å². The summed E-state index contributed by atoms with van der Waals surface area (Å²) in [6, 6.07) is 0.420. The number of rotatable bonds is 3. The first kappa shape index (κ1) is 12.8. The number of hydrogen-bond donors (Lipinski definition) is 2. The van der Waals surface area contributed by atoms with E-state index in [1.165, 1.54) is 19.3 Å². The third-order valence-corrected chi connectivity index (χ3v) is 4.34. The van der Waals surface area contributed by atoms with E-state index in [-0.39, 0.29) is 0 Å². The smallest absolute Gasteiger partial charge is 0.324 e. The number of aliphatic carboxylic acids is 1. The Kier molecular flexibility index (Phi) is 4.05. The summed E-state index contributed by atoms with van der Waals surface area (Å²) in [5.41, 5.74) is -0.658. The molecule has 0 aromatic heterocycles. The lowest BCUT2D eigenvalue weighted by Gasteiger charge is -2.41. The van der Waals surface area contributed by atoms with Crippen molar-refractivity contribution in [2.75, 3.05) is 20.1 Å². The third-order valence-electron chi connectivity index (χ3n) is 4.34. The zero-order valence-corrected chi connectivity index (χ0v) is 10.7. The molecule has 2 N–H and O–H groups in total. The van der Waals surface area contributed by atoms with Crippen molar-refractivity contribution in [3.05, 3.63) is 0 Å². The number of hydrogen-bond acceptors (Lipinski definition) is 3. The Morgan fingerprint density at radius 3 is 2.35 bits per heavy atom. The Bertz CT molecular complexity index is 267. The maximum Gasteiger partial charge on any atom is 0.324 e. The van der Waals surface area contributed by atoms with Crippen LogP contribution >= 0.6 is 0 Å². The molecule has 0 unspecified atom stereocenters. The topological polar surface area (TPSA) is 52.6 Å². The molecule has 1 aliphatic heterocycles. The van der Waals surface area contributed by atoms with E-state index in [1.807, 2.05) is 0 Å². The van der Waals surface area contributed by atoms with Crippen LogP contribution in [0.1, 0.15) is 44.9 Å². The molecule has 2 aliphatic rings. The third kappa shape index (κ3) is 2.99. The number of carboxylic acid groups (broad SMARTS) is 1. The van der Waals surface area contributed by atoms with Crippen LogP contribution in [-0.2, 0) is 4.79 Å². The number of carboxylic acids is 1. The lowest BCUT2D eigenvalue weighted by molar-refractivity contribution is -0.147. The lowest BCUT2D eigenvalue weighted by atomic mass is 9.84. The maximum absolute atomic E-state index is 11.6. The molecule has 0 aromatic rings. The van der Waals surface area contributed by atoms with Gasteiger partial charge in [0, 0.05) is 19.1 Å². The molecule has 1 heterocycles. The summed E-state index contributed by atoms with van der Waals surface area (Å²) in [5.74, 6) is -0.656.